The topological polar surface area (TPSA) is 62.4 Å². The number of nitrogens with one attached hydrogen (secondary N) is 1. The van der Waals surface area contributed by atoms with E-state index in [4.69, 9.17) is 4.74 Å². The lowest BCUT2D eigenvalue weighted by atomic mass is 9.76. The van der Waals surface area contributed by atoms with Crippen LogP contribution in [0.5, 0.6) is 0 Å². The smallest absolute Gasteiger partial charge is 0.328 e. The van der Waals surface area contributed by atoms with E-state index in [2.05, 4.69) is 31.0 Å². The van der Waals surface area contributed by atoms with Crippen LogP contribution in [0.1, 0.15) is 37.9 Å². The zero-order valence-corrected chi connectivity index (χ0v) is 15.4. The summed E-state index contributed by atoms with van der Waals surface area (Å²) in [7, 11) is 1.41. The maximum absolute atomic E-state index is 13.0. The normalized spacial score (nSPS) is 35.3. The summed E-state index contributed by atoms with van der Waals surface area (Å²) in [4.78, 5) is 31.2. The third-order valence-corrected chi connectivity index (χ3v) is 7.30. The van der Waals surface area contributed by atoms with Crippen molar-refractivity contribution in [2.45, 2.75) is 44.7 Å². The first-order valence-electron chi connectivity index (χ1n) is 9.49. The lowest BCUT2D eigenvalue weighted by molar-refractivity contribution is -0.157. The van der Waals surface area contributed by atoms with Crippen LogP contribution < -0.4 is 0 Å². The highest BCUT2D eigenvalue weighted by Crippen LogP contribution is 2.62. The number of methoxy groups -OCH3 is 1. The summed E-state index contributed by atoms with van der Waals surface area (Å²) >= 11 is 0. The molecule has 1 spiro atoms. The molecule has 1 aromatic carbocycles. The van der Waals surface area contributed by atoms with Crippen molar-refractivity contribution in [2.24, 2.45) is 17.8 Å². The van der Waals surface area contributed by atoms with E-state index < -0.39 is 11.6 Å². The van der Waals surface area contributed by atoms with E-state index in [1.54, 1.807) is 0 Å². The van der Waals surface area contributed by atoms with Gasteiger partial charge in [-0.1, -0.05) is 32.0 Å². The summed E-state index contributed by atoms with van der Waals surface area (Å²) in [6.07, 6.45) is 1.95. The largest absolute Gasteiger partial charge is 0.467 e. The van der Waals surface area contributed by atoms with Gasteiger partial charge in [0, 0.05) is 29.4 Å². The fraction of sp³-hybridized carbons (Fsp3) is 0.524. The number of amides is 1. The fourth-order valence-corrected chi connectivity index (χ4v) is 6.05. The van der Waals surface area contributed by atoms with Crippen molar-refractivity contribution in [3.05, 3.63) is 35.5 Å². The summed E-state index contributed by atoms with van der Waals surface area (Å²) in [5, 5.41) is 1.16. The monoisotopic (exact) mass is 352 g/mol. The summed E-state index contributed by atoms with van der Waals surface area (Å²) in [6.45, 7) is 4.52. The molecule has 0 bridgehead atoms. The predicted molar refractivity (Wildman–Crippen MR) is 97.4 cm³/mol. The van der Waals surface area contributed by atoms with Gasteiger partial charge in [-0.15, -0.1) is 0 Å². The van der Waals surface area contributed by atoms with Crippen molar-refractivity contribution < 1.29 is 14.3 Å². The van der Waals surface area contributed by atoms with Gasteiger partial charge in [0.15, 0.2) is 0 Å². The molecular weight excluding hydrogens is 328 g/mol. The first-order valence-corrected chi connectivity index (χ1v) is 9.49. The highest BCUT2D eigenvalue weighted by atomic mass is 16.5. The first-order chi connectivity index (χ1) is 12.5. The zero-order chi connectivity index (χ0) is 18.2. The van der Waals surface area contributed by atoms with Gasteiger partial charge in [0.25, 0.3) is 0 Å². The first kappa shape index (κ1) is 15.9. The number of rotatable bonds is 1. The minimum absolute atomic E-state index is 0.0912. The number of carbonyl (C=O) groups excluding carboxylic acids is 2. The van der Waals surface area contributed by atoms with Gasteiger partial charge in [0.1, 0.15) is 6.04 Å². The lowest BCUT2D eigenvalue weighted by Gasteiger charge is -2.46. The lowest BCUT2D eigenvalue weighted by Crippen LogP contribution is -2.57. The number of aromatic amines is 1. The van der Waals surface area contributed by atoms with Crippen LogP contribution >= 0.6 is 0 Å². The Hall–Kier alpha value is -2.30. The number of carbonyl (C=O) groups is 2. The molecule has 5 heteroatoms. The van der Waals surface area contributed by atoms with E-state index in [1.807, 2.05) is 17.0 Å². The van der Waals surface area contributed by atoms with Crippen molar-refractivity contribution in [2.75, 3.05) is 7.11 Å². The molecule has 1 aromatic heterocycles. The quantitative estimate of drug-likeness (QED) is 0.803. The Labute approximate surface area is 152 Å². The highest BCUT2D eigenvalue weighted by Gasteiger charge is 2.66. The molecule has 5 nitrogen and oxygen atoms in total. The Morgan fingerprint density at radius 2 is 2.04 bits per heavy atom. The van der Waals surface area contributed by atoms with Crippen LogP contribution in [0.15, 0.2) is 24.3 Å². The molecule has 1 saturated heterocycles. The van der Waals surface area contributed by atoms with Gasteiger partial charge in [-0.25, -0.2) is 4.79 Å². The number of fused-ring (bicyclic) bond motifs is 3. The van der Waals surface area contributed by atoms with Gasteiger partial charge in [-0.3, -0.25) is 4.79 Å². The third-order valence-electron chi connectivity index (χ3n) is 7.30. The molecule has 2 fully saturated rings. The van der Waals surface area contributed by atoms with Gasteiger partial charge in [-0.05, 0) is 35.8 Å². The number of esters is 1. The van der Waals surface area contributed by atoms with Crippen molar-refractivity contribution >= 4 is 22.8 Å². The number of aromatic nitrogens is 1. The zero-order valence-electron chi connectivity index (χ0n) is 15.4. The van der Waals surface area contributed by atoms with E-state index >= 15 is 0 Å². The van der Waals surface area contributed by atoms with Crippen LogP contribution in [0.4, 0.5) is 0 Å². The van der Waals surface area contributed by atoms with Gasteiger partial charge in [0.05, 0.1) is 12.6 Å². The molecule has 1 N–H and O–H groups in total. The van der Waals surface area contributed by atoms with Crippen molar-refractivity contribution in [3.63, 3.8) is 0 Å². The van der Waals surface area contributed by atoms with Crippen molar-refractivity contribution in [1.82, 2.24) is 9.88 Å². The summed E-state index contributed by atoms with van der Waals surface area (Å²) < 4.78 is 5.11. The molecule has 3 aliphatic rings. The number of hydrogen-bond donors (Lipinski definition) is 1. The number of nitrogens with zero attached hydrogens (tertiary/aromatic N) is 1. The standard InChI is InChI=1S/C21H24N2O3/c1-11-10-21-15(12(11)2)9-18(24)23(21)17(20(25)26-3)8-14-13-6-4-5-7-16(13)22-19(14)21/h4-7,11-12,15,17,22H,8-10H2,1-3H3. The molecule has 1 saturated carbocycles. The Morgan fingerprint density at radius 3 is 2.81 bits per heavy atom. The molecule has 0 radical (unpaired) electrons. The van der Waals surface area contributed by atoms with Crippen LogP contribution in [0.3, 0.4) is 0 Å². The maximum atomic E-state index is 13.0. The average Bonchev–Trinajstić information content (AvgIpc) is 3.23. The van der Waals surface area contributed by atoms with Gasteiger partial charge >= 0.3 is 5.97 Å². The molecule has 1 aliphatic carbocycles. The minimum Gasteiger partial charge on any atom is -0.467 e. The van der Waals surface area contributed by atoms with Crippen LogP contribution in [0.2, 0.25) is 0 Å². The SMILES string of the molecule is COC(=O)C1Cc2c([nH]c3ccccc23)C23CC(C)C(C)C2CC(=O)N13. The number of benzene rings is 1. The predicted octanol–water partition coefficient (Wildman–Crippen LogP) is 2.99. The van der Waals surface area contributed by atoms with Gasteiger partial charge in [-0.2, -0.15) is 0 Å². The Morgan fingerprint density at radius 1 is 1.27 bits per heavy atom. The van der Waals surface area contributed by atoms with E-state index in [-0.39, 0.29) is 17.8 Å². The molecule has 3 heterocycles. The molecule has 5 unspecified atom stereocenters. The second-order valence-electron chi connectivity index (χ2n) is 8.31. The molecule has 5 atom stereocenters. The molecule has 2 aromatic rings. The molecule has 5 rings (SSSR count). The van der Waals surface area contributed by atoms with Gasteiger partial charge in [0.2, 0.25) is 5.91 Å². The number of ether oxygens (including phenoxy) is 1. The van der Waals surface area contributed by atoms with Crippen molar-refractivity contribution in [3.8, 4) is 0 Å². The molecular formula is C21H24N2O3. The highest BCUT2D eigenvalue weighted by molar-refractivity contribution is 5.92. The van der Waals surface area contributed by atoms with Crippen LogP contribution in [-0.4, -0.2) is 34.9 Å². The summed E-state index contributed by atoms with van der Waals surface area (Å²) in [6, 6.07) is 7.72. The minimum atomic E-state index is -0.526. The second-order valence-corrected chi connectivity index (χ2v) is 8.31. The molecule has 1 amide bonds. The number of hydrogen-bond acceptors (Lipinski definition) is 3. The molecule has 26 heavy (non-hydrogen) atoms. The van der Waals surface area contributed by atoms with Crippen molar-refractivity contribution in [1.29, 1.82) is 0 Å². The Kier molecular flexibility index (Phi) is 3.13. The fourth-order valence-electron chi connectivity index (χ4n) is 6.05. The number of para-hydroxylation sites is 1. The molecule has 136 valence electrons. The van der Waals surface area contributed by atoms with E-state index in [0.29, 0.717) is 24.7 Å². The summed E-state index contributed by atoms with van der Waals surface area (Å²) in [5.41, 5.74) is 3.03. The summed E-state index contributed by atoms with van der Waals surface area (Å²) in [5.74, 6) is 0.977. The second kappa shape index (κ2) is 5.12. The Balaban J connectivity index is 1.81. The molecule has 2 aliphatic heterocycles. The van der Waals surface area contributed by atoms with E-state index in [9.17, 15) is 9.59 Å². The van der Waals surface area contributed by atoms with E-state index in [0.717, 1.165) is 23.0 Å². The van der Waals surface area contributed by atoms with Gasteiger partial charge < -0.3 is 14.6 Å². The van der Waals surface area contributed by atoms with Crippen LogP contribution in [0.25, 0.3) is 10.9 Å². The number of H-pyrrole nitrogens is 1. The average molecular weight is 352 g/mol. The third kappa shape index (κ3) is 1.71. The van der Waals surface area contributed by atoms with Crippen LogP contribution in [0, 0.1) is 17.8 Å². The van der Waals surface area contributed by atoms with E-state index in [1.165, 1.54) is 12.7 Å². The van der Waals surface area contributed by atoms with Crippen LogP contribution in [-0.2, 0) is 26.3 Å². The Bertz CT molecular complexity index is 932. The maximum Gasteiger partial charge on any atom is 0.328 e.